The van der Waals surface area contributed by atoms with Crippen LogP contribution in [0.5, 0.6) is 17.2 Å². The van der Waals surface area contributed by atoms with E-state index < -0.39 is 5.97 Å². The Hall–Kier alpha value is -2.95. The van der Waals surface area contributed by atoms with Crippen LogP contribution in [-0.2, 0) is 6.54 Å². The molecule has 0 aliphatic rings. The second-order valence-corrected chi connectivity index (χ2v) is 6.28. The van der Waals surface area contributed by atoms with Crippen molar-refractivity contribution in [2.24, 2.45) is 0 Å². The first kappa shape index (κ1) is 16.9. The van der Waals surface area contributed by atoms with Gasteiger partial charge in [-0.05, 0) is 55.3 Å². The number of phenols is 1. The molecule has 0 aliphatic heterocycles. The summed E-state index contributed by atoms with van der Waals surface area (Å²) in [5.41, 5.74) is 1.95. The fourth-order valence-electron chi connectivity index (χ4n) is 3.02. The van der Waals surface area contributed by atoms with E-state index in [0.717, 1.165) is 16.5 Å². The number of carbonyl (C=O) groups is 1. The zero-order chi connectivity index (χ0) is 18.1. The van der Waals surface area contributed by atoms with E-state index in [2.05, 4.69) is 0 Å². The smallest absolute Gasteiger partial charge is 0.352 e. The van der Waals surface area contributed by atoms with Gasteiger partial charge in [-0.15, -0.1) is 0 Å². The Labute approximate surface area is 146 Å². The van der Waals surface area contributed by atoms with Gasteiger partial charge in [0.1, 0.15) is 22.9 Å². The largest absolute Gasteiger partial charge is 0.508 e. The maximum Gasteiger partial charge on any atom is 0.352 e. The zero-order valence-corrected chi connectivity index (χ0v) is 14.5. The molecule has 5 heteroatoms. The van der Waals surface area contributed by atoms with Gasteiger partial charge in [0.2, 0.25) is 0 Å². The minimum absolute atomic E-state index is 0.183. The summed E-state index contributed by atoms with van der Waals surface area (Å²) >= 11 is 0. The molecule has 1 aromatic heterocycles. The number of fused-ring (bicyclic) bond motifs is 1. The Kier molecular flexibility index (Phi) is 4.40. The molecule has 3 aromatic rings. The van der Waals surface area contributed by atoms with Gasteiger partial charge < -0.3 is 19.5 Å². The first-order valence-electron chi connectivity index (χ1n) is 8.28. The third kappa shape index (κ3) is 3.18. The number of phenolic OH excluding ortho intramolecular Hbond substituents is 1. The second-order valence-electron chi connectivity index (χ2n) is 6.28. The number of hydrogen-bond acceptors (Lipinski definition) is 3. The molecule has 5 nitrogen and oxygen atoms in total. The van der Waals surface area contributed by atoms with Crippen LogP contribution in [0.1, 0.15) is 42.7 Å². The van der Waals surface area contributed by atoms with Gasteiger partial charge in [0.15, 0.2) is 0 Å². The van der Waals surface area contributed by atoms with Crippen molar-refractivity contribution in [1.82, 2.24) is 4.57 Å². The van der Waals surface area contributed by atoms with Gasteiger partial charge in [-0.3, -0.25) is 0 Å². The zero-order valence-electron chi connectivity index (χ0n) is 14.5. The highest BCUT2D eigenvalue weighted by molar-refractivity contribution is 5.95. The number of ether oxygens (including phenoxy) is 1. The van der Waals surface area contributed by atoms with Crippen molar-refractivity contribution in [3.63, 3.8) is 0 Å². The molecular weight excluding hydrogens is 318 g/mol. The summed E-state index contributed by atoms with van der Waals surface area (Å²) in [6.45, 7) is 6.51. The summed E-state index contributed by atoms with van der Waals surface area (Å²) in [5, 5.41) is 20.1. The van der Waals surface area contributed by atoms with Crippen molar-refractivity contribution in [3.05, 3.63) is 53.7 Å². The Morgan fingerprint density at radius 2 is 1.80 bits per heavy atom. The van der Waals surface area contributed by atoms with Crippen LogP contribution in [0.15, 0.2) is 42.5 Å². The molecular formula is C20H21NO4. The fraction of sp³-hybridized carbons (Fsp3) is 0.250. The highest BCUT2D eigenvalue weighted by atomic mass is 16.5. The van der Waals surface area contributed by atoms with Crippen LogP contribution >= 0.6 is 0 Å². The van der Waals surface area contributed by atoms with Crippen LogP contribution in [-0.4, -0.2) is 20.7 Å². The summed E-state index contributed by atoms with van der Waals surface area (Å²) in [6, 6.07) is 12.3. The number of carboxylic acids is 1. The van der Waals surface area contributed by atoms with Crippen molar-refractivity contribution in [3.8, 4) is 17.2 Å². The van der Waals surface area contributed by atoms with Crippen LogP contribution in [0, 0.1) is 0 Å². The van der Waals surface area contributed by atoms with Crippen LogP contribution in [0.4, 0.5) is 0 Å². The standard InChI is InChI=1S/C20H21NO4/c1-4-21-17-7-5-14(9-13(17)10-18(21)20(23)24)25-15-6-8-19(22)16(11-15)12(2)3/h5-12,22H,4H2,1-3H3,(H,23,24). The molecule has 2 N–H and O–H groups in total. The molecule has 0 bridgehead atoms. The lowest BCUT2D eigenvalue weighted by Crippen LogP contribution is -2.06. The molecule has 0 aliphatic carbocycles. The Bertz CT molecular complexity index is 940. The van der Waals surface area contributed by atoms with Crippen molar-refractivity contribution in [1.29, 1.82) is 0 Å². The lowest BCUT2D eigenvalue weighted by atomic mass is 10.0. The van der Waals surface area contributed by atoms with E-state index in [1.165, 1.54) is 0 Å². The normalized spacial score (nSPS) is 11.2. The average Bonchev–Trinajstić information content (AvgIpc) is 2.94. The van der Waals surface area contributed by atoms with Crippen LogP contribution in [0.3, 0.4) is 0 Å². The number of aromatic hydroxyl groups is 1. The van der Waals surface area contributed by atoms with Gasteiger partial charge in [-0.1, -0.05) is 13.8 Å². The molecule has 2 aromatic carbocycles. The van der Waals surface area contributed by atoms with Crippen LogP contribution in [0.2, 0.25) is 0 Å². The molecule has 0 unspecified atom stereocenters. The number of aromatic carboxylic acids is 1. The molecule has 0 amide bonds. The molecule has 0 atom stereocenters. The quantitative estimate of drug-likeness (QED) is 0.687. The highest BCUT2D eigenvalue weighted by Crippen LogP contribution is 2.33. The predicted octanol–water partition coefficient (Wildman–Crippen LogP) is 4.98. The Morgan fingerprint density at radius 1 is 1.12 bits per heavy atom. The molecule has 0 saturated carbocycles. The number of nitrogens with zero attached hydrogens (tertiary/aromatic N) is 1. The number of rotatable bonds is 5. The molecule has 25 heavy (non-hydrogen) atoms. The summed E-state index contributed by atoms with van der Waals surface area (Å²) in [7, 11) is 0. The third-order valence-electron chi connectivity index (χ3n) is 4.26. The van der Waals surface area contributed by atoms with E-state index >= 15 is 0 Å². The maximum atomic E-state index is 11.4. The first-order chi connectivity index (χ1) is 11.9. The van der Waals surface area contributed by atoms with Gasteiger partial charge in [0.05, 0.1) is 0 Å². The third-order valence-corrected chi connectivity index (χ3v) is 4.26. The summed E-state index contributed by atoms with van der Waals surface area (Å²) < 4.78 is 7.67. The van der Waals surface area contributed by atoms with Crippen molar-refractivity contribution in [2.75, 3.05) is 0 Å². The van der Waals surface area contributed by atoms with E-state index in [0.29, 0.717) is 18.0 Å². The van der Waals surface area contributed by atoms with E-state index in [9.17, 15) is 15.0 Å². The SMILES string of the molecule is CCn1c(C(=O)O)cc2cc(Oc3ccc(O)c(C(C)C)c3)ccc21. The highest BCUT2D eigenvalue weighted by Gasteiger charge is 2.14. The van der Waals surface area contributed by atoms with Crippen LogP contribution in [0.25, 0.3) is 10.9 Å². The predicted molar refractivity (Wildman–Crippen MR) is 96.8 cm³/mol. The van der Waals surface area contributed by atoms with Crippen molar-refractivity contribution < 1.29 is 19.7 Å². The molecule has 0 fully saturated rings. The minimum atomic E-state index is -0.944. The molecule has 0 radical (unpaired) electrons. The monoisotopic (exact) mass is 339 g/mol. The molecule has 1 heterocycles. The van der Waals surface area contributed by atoms with Crippen molar-refractivity contribution in [2.45, 2.75) is 33.2 Å². The van der Waals surface area contributed by atoms with Crippen LogP contribution < -0.4 is 4.74 Å². The van der Waals surface area contributed by atoms with E-state index in [1.807, 2.05) is 45.0 Å². The number of hydrogen-bond donors (Lipinski definition) is 2. The fourth-order valence-corrected chi connectivity index (χ4v) is 3.02. The van der Waals surface area contributed by atoms with Gasteiger partial charge >= 0.3 is 5.97 Å². The lowest BCUT2D eigenvalue weighted by molar-refractivity contribution is 0.0686. The van der Waals surface area contributed by atoms with E-state index in [4.69, 9.17) is 4.74 Å². The molecule has 0 saturated heterocycles. The Balaban J connectivity index is 1.98. The first-order valence-corrected chi connectivity index (χ1v) is 8.28. The summed E-state index contributed by atoms with van der Waals surface area (Å²) in [4.78, 5) is 11.4. The number of aryl methyl sites for hydroxylation is 1. The van der Waals surface area contributed by atoms with Gasteiger partial charge in [0, 0.05) is 23.0 Å². The van der Waals surface area contributed by atoms with Gasteiger partial charge in [0.25, 0.3) is 0 Å². The molecule has 0 spiro atoms. The van der Waals surface area contributed by atoms with E-state index in [-0.39, 0.29) is 17.4 Å². The average molecular weight is 339 g/mol. The van der Waals surface area contributed by atoms with Gasteiger partial charge in [-0.25, -0.2) is 4.79 Å². The number of benzene rings is 2. The number of carboxylic acid groups (broad SMARTS) is 1. The Morgan fingerprint density at radius 3 is 2.44 bits per heavy atom. The van der Waals surface area contributed by atoms with Crippen molar-refractivity contribution >= 4 is 16.9 Å². The maximum absolute atomic E-state index is 11.4. The molecule has 130 valence electrons. The molecule has 3 rings (SSSR count). The number of aromatic nitrogens is 1. The topological polar surface area (TPSA) is 71.7 Å². The van der Waals surface area contributed by atoms with E-state index in [1.54, 1.807) is 22.8 Å². The minimum Gasteiger partial charge on any atom is -0.508 e. The second kappa shape index (κ2) is 6.51. The summed E-state index contributed by atoms with van der Waals surface area (Å²) in [5.74, 6) is 0.750. The summed E-state index contributed by atoms with van der Waals surface area (Å²) in [6.07, 6.45) is 0. The lowest BCUT2D eigenvalue weighted by Gasteiger charge is -2.12. The van der Waals surface area contributed by atoms with Gasteiger partial charge in [-0.2, -0.15) is 0 Å².